The summed E-state index contributed by atoms with van der Waals surface area (Å²) in [7, 11) is 3.27. The van der Waals surface area contributed by atoms with E-state index in [1.807, 2.05) is 53.3 Å². The molecule has 0 amide bonds. The van der Waals surface area contributed by atoms with Crippen LogP contribution < -0.4 is 9.47 Å². The lowest BCUT2D eigenvalue weighted by molar-refractivity contribution is 0.354. The number of ether oxygens (including phenoxy) is 2. The van der Waals surface area contributed by atoms with Crippen molar-refractivity contribution in [3.05, 3.63) is 65.2 Å². The number of nitrogens with zero attached hydrogens (tertiary/aromatic N) is 6. The van der Waals surface area contributed by atoms with Gasteiger partial charge in [-0.3, -0.25) is 0 Å². The van der Waals surface area contributed by atoms with E-state index in [9.17, 15) is 0 Å². The number of methoxy groups -OCH3 is 2. The highest BCUT2D eigenvalue weighted by Gasteiger charge is 2.14. The summed E-state index contributed by atoms with van der Waals surface area (Å²) in [6.07, 6.45) is 2.50. The molecule has 3 heterocycles. The number of benzene rings is 2. The zero-order valence-electron chi connectivity index (χ0n) is 15.9. The fourth-order valence-corrected chi connectivity index (χ4v) is 4.21. The fraction of sp³-hybridized carbons (Fsp3) is 0.200. The van der Waals surface area contributed by atoms with Gasteiger partial charge >= 0.3 is 0 Å². The summed E-state index contributed by atoms with van der Waals surface area (Å²) in [6.45, 7) is 0.557. The zero-order chi connectivity index (χ0) is 19.8. The molecular formula is C20H18N6O2S. The van der Waals surface area contributed by atoms with Crippen LogP contribution in [-0.2, 0) is 13.0 Å². The number of aromatic nitrogens is 6. The Morgan fingerprint density at radius 3 is 2.72 bits per heavy atom. The van der Waals surface area contributed by atoms with E-state index >= 15 is 0 Å². The minimum absolute atomic E-state index is 0.557. The molecule has 5 rings (SSSR count). The molecule has 0 unspecified atom stereocenters. The van der Waals surface area contributed by atoms with E-state index in [-0.39, 0.29) is 0 Å². The lowest BCUT2D eigenvalue weighted by Gasteiger charge is -2.08. The second-order valence-electron chi connectivity index (χ2n) is 6.53. The van der Waals surface area contributed by atoms with Crippen LogP contribution in [0.3, 0.4) is 0 Å². The van der Waals surface area contributed by atoms with Crippen LogP contribution in [0.15, 0.2) is 48.8 Å². The Balaban J connectivity index is 1.43. The first-order chi connectivity index (χ1) is 14.2. The maximum absolute atomic E-state index is 5.39. The van der Waals surface area contributed by atoms with Gasteiger partial charge in [-0.1, -0.05) is 29.5 Å². The minimum atomic E-state index is 0.557. The normalized spacial score (nSPS) is 11.4. The average molecular weight is 406 g/mol. The first kappa shape index (κ1) is 17.6. The van der Waals surface area contributed by atoms with E-state index in [1.165, 1.54) is 11.3 Å². The van der Waals surface area contributed by atoms with Crippen LogP contribution in [0, 0.1) is 0 Å². The Morgan fingerprint density at radius 1 is 1.00 bits per heavy atom. The maximum atomic E-state index is 5.39. The Hall–Kier alpha value is -3.46. The molecule has 0 aliphatic carbocycles. The predicted molar refractivity (Wildman–Crippen MR) is 110 cm³/mol. The van der Waals surface area contributed by atoms with Gasteiger partial charge in [0.2, 0.25) is 4.96 Å². The van der Waals surface area contributed by atoms with Crippen molar-refractivity contribution < 1.29 is 9.47 Å². The summed E-state index contributed by atoms with van der Waals surface area (Å²) in [5, 5.41) is 14.3. The molecule has 0 fully saturated rings. The van der Waals surface area contributed by atoms with E-state index < -0.39 is 0 Å². The first-order valence-corrected chi connectivity index (χ1v) is 9.87. The van der Waals surface area contributed by atoms with E-state index in [0.717, 1.165) is 32.4 Å². The van der Waals surface area contributed by atoms with Crippen molar-refractivity contribution in [2.75, 3.05) is 14.2 Å². The second kappa shape index (κ2) is 7.17. The number of para-hydroxylation sites is 2. The summed E-state index contributed by atoms with van der Waals surface area (Å²) >= 11 is 1.53. The monoisotopic (exact) mass is 406 g/mol. The molecule has 0 spiro atoms. The molecule has 0 atom stereocenters. The van der Waals surface area contributed by atoms with Crippen LogP contribution in [0.4, 0.5) is 0 Å². The highest BCUT2D eigenvalue weighted by molar-refractivity contribution is 7.16. The molecule has 0 bridgehead atoms. The van der Waals surface area contributed by atoms with Gasteiger partial charge in [0.15, 0.2) is 17.3 Å². The molecule has 0 saturated heterocycles. The summed E-state index contributed by atoms with van der Waals surface area (Å²) < 4.78 is 14.6. The number of imidazole rings is 1. The third-order valence-corrected chi connectivity index (χ3v) is 5.64. The van der Waals surface area contributed by atoms with Gasteiger partial charge in [0, 0.05) is 6.42 Å². The molecule has 29 heavy (non-hydrogen) atoms. The molecule has 0 saturated carbocycles. The SMILES string of the molecule is COc1ccc(Cc2nn3c(Cn4cnc5ccccc54)nnc3s2)cc1OC. The predicted octanol–water partition coefficient (Wildman–Crippen LogP) is 3.19. The van der Waals surface area contributed by atoms with Crippen LogP contribution in [-0.4, -0.2) is 43.6 Å². The van der Waals surface area contributed by atoms with Crippen LogP contribution in [0.1, 0.15) is 16.4 Å². The number of hydrogen-bond acceptors (Lipinski definition) is 7. The third kappa shape index (κ3) is 3.19. The topological polar surface area (TPSA) is 79.4 Å². The largest absolute Gasteiger partial charge is 0.493 e. The van der Waals surface area contributed by atoms with Crippen molar-refractivity contribution in [1.82, 2.24) is 29.4 Å². The molecule has 3 aromatic heterocycles. The van der Waals surface area contributed by atoms with E-state index in [0.29, 0.717) is 24.5 Å². The second-order valence-corrected chi connectivity index (χ2v) is 7.57. The van der Waals surface area contributed by atoms with Crippen molar-refractivity contribution in [3.63, 3.8) is 0 Å². The van der Waals surface area contributed by atoms with Crippen molar-refractivity contribution in [2.24, 2.45) is 0 Å². The highest BCUT2D eigenvalue weighted by Crippen LogP contribution is 2.29. The van der Waals surface area contributed by atoms with Gasteiger partial charge in [0.1, 0.15) is 5.01 Å². The van der Waals surface area contributed by atoms with Crippen LogP contribution in [0.25, 0.3) is 16.0 Å². The lowest BCUT2D eigenvalue weighted by Crippen LogP contribution is -2.04. The smallest absolute Gasteiger partial charge is 0.234 e. The molecular weight excluding hydrogens is 388 g/mol. The molecule has 0 radical (unpaired) electrons. The number of hydrogen-bond donors (Lipinski definition) is 0. The molecule has 0 aliphatic heterocycles. The quantitative estimate of drug-likeness (QED) is 0.431. The molecule has 5 aromatic rings. The van der Waals surface area contributed by atoms with Crippen molar-refractivity contribution >= 4 is 27.3 Å². The first-order valence-electron chi connectivity index (χ1n) is 9.06. The van der Waals surface area contributed by atoms with Crippen molar-refractivity contribution in [1.29, 1.82) is 0 Å². The molecule has 0 N–H and O–H groups in total. The maximum Gasteiger partial charge on any atom is 0.234 e. The van der Waals surface area contributed by atoms with Crippen LogP contribution in [0.2, 0.25) is 0 Å². The standard InChI is InChI=1S/C20H18N6O2S/c1-27-16-8-7-13(9-17(16)28-2)10-19-24-26-18(22-23-20(26)29-19)11-25-12-21-14-5-3-4-6-15(14)25/h3-9,12H,10-11H2,1-2H3. The number of fused-ring (bicyclic) bond motifs is 2. The van der Waals surface area contributed by atoms with E-state index in [4.69, 9.17) is 14.6 Å². The Bertz CT molecular complexity index is 1310. The Kier molecular flexibility index (Phi) is 4.36. The zero-order valence-corrected chi connectivity index (χ0v) is 16.8. The van der Waals surface area contributed by atoms with Gasteiger partial charge in [-0.15, -0.1) is 10.2 Å². The summed E-state index contributed by atoms with van der Waals surface area (Å²) in [5.74, 6) is 2.20. The molecule has 8 nitrogen and oxygen atoms in total. The van der Waals surface area contributed by atoms with Gasteiger partial charge in [-0.2, -0.15) is 9.61 Å². The molecule has 9 heteroatoms. The fourth-order valence-electron chi connectivity index (χ4n) is 3.32. The Labute approximate surface area is 170 Å². The molecule has 0 aliphatic rings. The van der Waals surface area contributed by atoms with Crippen molar-refractivity contribution in [2.45, 2.75) is 13.0 Å². The molecule has 2 aromatic carbocycles. The van der Waals surface area contributed by atoms with Gasteiger partial charge in [0.05, 0.1) is 38.1 Å². The highest BCUT2D eigenvalue weighted by atomic mass is 32.1. The van der Waals surface area contributed by atoms with Gasteiger partial charge in [-0.05, 0) is 29.8 Å². The average Bonchev–Trinajstić information content (AvgIpc) is 3.44. The van der Waals surface area contributed by atoms with Gasteiger partial charge < -0.3 is 14.0 Å². The summed E-state index contributed by atoms with van der Waals surface area (Å²) in [4.78, 5) is 5.21. The van der Waals surface area contributed by atoms with Crippen LogP contribution in [0.5, 0.6) is 11.5 Å². The van der Waals surface area contributed by atoms with Gasteiger partial charge in [0.25, 0.3) is 0 Å². The van der Waals surface area contributed by atoms with E-state index in [1.54, 1.807) is 14.2 Å². The lowest BCUT2D eigenvalue weighted by atomic mass is 10.1. The van der Waals surface area contributed by atoms with E-state index in [2.05, 4.69) is 19.7 Å². The summed E-state index contributed by atoms with van der Waals surface area (Å²) in [5.41, 5.74) is 3.11. The van der Waals surface area contributed by atoms with Gasteiger partial charge in [-0.25, -0.2) is 4.98 Å². The van der Waals surface area contributed by atoms with Crippen molar-refractivity contribution in [3.8, 4) is 11.5 Å². The third-order valence-electron chi connectivity index (χ3n) is 4.74. The Morgan fingerprint density at radius 2 is 1.86 bits per heavy atom. The molecule has 146 valence electrons. The van der Waals surface area contributed by atoms with Crippen LogP contribution >= 0.6 is 11.3 Å². The minimum Gasteiger partial charge on any atom is -0.493 e. The summed E-state index contributed by atoms with van der Waals surface area (Å²) in [6, 6.07) is 13.9. The number of rotatable bonds is 6.